The second kappa shape index (κ2) is 8.47. The maximum absolute atomic E-state index is 11.3. The van der Waals surface area contributed by atoms with Crippen molar-refractivity contribution in [2.24, 2.45) is 0 Å². The highest BCUT2D eigenvalue weighted by Gasteiger charge is 2.09. The Hall–Kier alpha value is -1.37. The minimum atomic E-state index is -0.786. The zero-order valence-electron chi connectivity index (χ0n) is 12.5. The summed E-state index contributed by atoms with van der Waals surface area (Å²) in [6, 6.07) is 12.4. The standard InChI is InChI=1S/C17H16Br2O4/c1-11(20)12-3-2-4-15(7-12)22-9-14(21)10-23-17-6-5-13(18)8-16(17)19/h2-8,14,21H,9-10H2,1H3. The van der Waals surface area contributed by atoms with E-state index >= 15 is 0 Å². The van der Waals surface area contributed by atoms with Crippen LogP contribution in [0.2, 0.25) is 0 Å². The number of Topliss-reactive ketones (excluding diaryl/α,β-unsaturated/α-hetero) is 1. The van der Waals surface area contributed by atoms with Gasteiger partial charge in [-0.05, 0) is 53.2 Å². The fourth-order valence-electron chi connectivity index (χ4n) is 1.82. The van der Waals surface area contributed by atoms with Crippen molar-refractivity contribution in [1.82, 2.24) is 0 Å². The van der Waals surface area contributed by atoms with Gasteiger partial charge in [0, 0.05) is 10.0 Å². The van der Waals surface area contributed by atoms with Crippen LogP contribution in [0.15, 0.2) is 51.4 Å². The van der Waals surface area contributed by atoms with Crippen LogP contribution in [-0.4, -0.2) is 30.2 Å². The number of hydrogen-bond acceptors (Lipinski definition) is 4. The molecule has 0 aliphatic rings. The molecular weight excluding hydrogens is 428 g/mol. The summed E-state index contributed by atoms with van der Waals surface area (Å²) in [5.41, 5.74) is 0.576. The first-order chi connectivity index (χ1) is 11.0. The number of halogens is 2. The fourth-order valence-corrected chi connectivity index (χ4v) is 2.99. The Morgan fingerprint density at radius 2 is 1.87 bits per heavy atom. The summed E-state index contributed by atoms with van der Waals surface area (Å²) in [6.45, 7) is 1.68. The molecule has 0 aromatic heterocycles. The lowest BCUT2D eigenvalue weighted by Crippen LogP contribution is -2.25. The van der Waals surface area contributed by atoms with E-state index in [1.165, 1.54) is 6.92 Å². The van der Waals surface area contributed by atoms with E-state index in [1.54, 1.807) is 30.3 Å². The maximum Gasteiger partial charge on any atom is 0.159 e. The van der Waals surface area contributed by atoms with Gasteiger partial charge in [-0.15, -0.1) is 0 Å². The summed E-state index contributed by atoms with van der Waals surface area (Å²) in [5, 5.41) is 9.95. The van der Waals surface area contributed by atoms with E-state index < -0.39 is 6.10 Å². The number of ketones is 1. The highest BCUT2D eigenvalue weighted by atomic mass is 79.9. The second-order valence-corrected chi connectivity index (χ2v) is 6.70. The molecule has 0 bridgehead atoms. The zero-order valence-corrected chi connectivity index (χ0v) is 15.6. The van der Waals surface area contributed by atoms with Crippen LogP contribution >= 0.6 is 31.9 Å². The van der Waals surface area contributed by atoms with Crippen molar-refractivity contribution >= 4 is 37.6 Å². The highest BCUT2D eigenvalue weighted by molar-refractivity contribution is 9.11. The van der Waals surface area contributed by atoms with Crippen LogP contribution in [0.5, 0.6) is 11.5 Å². The lowest BCUT2D eigenvalue weighted by molar-refractivity contribution is 0.0623. The molecule has 0 aliphatic carbocycles. The van der Waals surface area contributed by atoms with Gasteiger partial charge in [0.2, 0.25) is 0 Å². The summed E-state index contributed by atoms with van der Waals surface area (Å²) in [6.07, 6.45) is -0.786. The number of rotatable bonds is 7. The Kier molecular flexibility index (Phi) is 6.62. The van der Waals surface area contributed by atoms with E-state index in [4.69, 9.17) is 9.47 Å². The van der Waals surface area contributed by atoms with Crippen molar-refractivity contribution in [2.75, 3.05) is 13.2 Å². The van der Waals surface area contributed by atoms with Gasteiger partial charge < -0.3 is 14.6 Å². The highest BCUT2D eigenvalue weighted by Crippen LogP contribution is 2.28. The smallest absolute Gasteiger partial charge is 0.159 e. The molecule has 0 aliphatic heterocycles. The summed E-state index contributed by atoms with van der Waals surface area (Å²) in [7, 11) is 0. The predicted molar refractivity (Wildman–Crippen MR) is 95.3 cm³/mol. The molecule has 4 nitrogen and oxygen atoms in total. The van der Waals surface area contributed by atoms with Gasteiger partial charge >= 0.3 is 0 Å². The molecule has 1 N–H and O–H groups in total. The third-order valence-electron chi connectivity index (χ3n) is 3.01. The number of carbonyl (C=O) groups is 1. The number of hydrogen-bond donors (Lipinski definition) is 1. The van der Waals surface area contributed by atoms with Crippen LogP contribution in [-0.2, 0) is 0 Å². The van der Waals surface area contributed by atoms with Crippen LogP contribution in [0.4, 0.5) is 0 Å². The first kappa shape index (κ1) is 18.0. The Balaban J connectivity index is 1.84. The minimum absolute atomic E-state index is 0.0283. The molecule has 1 atom stereocenters. The molecular formula is C17H16Br2O4. The average molecular weight is 444 g/mol. The quantitative estimate of drug-likeness (QED) is 0.650. The van der Waals surface area contributed by atoms with Crippen molar-refractivity contribution in [3.8, 4) is 11.5 Å². The number of aliphatic hydroxyl groups is 1. The molecule has 2 aromatic carbocycles. The molecule has 23 heavy (non-hydrogen) atoms. The molecule has 1 unspecified atom stereocenters. The molecule has 6 heteroatoms. The number of aliphatic hydroxyl groups excluding tert-OH is 1. The molecule has 122 valence electrons. The van der Waals surface area contributed by atoms with Crippen LogP contribution in [0.1, 0.15) is 17.3 Å². The third kappa shape index (κ3) is 5.64. The van der Waals surface area contributed by atoms with E-state index in [1.807, 2.05) is 12.1 Å². The Bertz CT molecular complexity index is 688. The minimum Gasteiger partial charge on any atom is -0.491 e. The number of ether oxygens (including phenoxy) is 2. The lowest BCUT2D eigenvalue weighted by Gasteiger charge is -2.14. The number of carbonyl (C=O) groups excluding carboxylic acids is 1. The molecule has 0 spiro atoms. The van der Waals surface area contributed by atoms with E-state index in [9.17, 15) is 9.90 Å². The zero-order chi connectivity index (χ0) is 16.8. The van der Waals surface area contributed by atoms with Gasteiger partial charge in [-0.1, -0.05) is 28.1 Å². The first-order valence-corrected chi connectivity index (χ1v) is 8.54. The van der Waals surface area contributed by atoms with E-state index in [2.05, 4.69) is 31.9 Å². The molecule has 2 rings (SSSR count). The van der Waals surface area contributed by atoms with Crippen molar-refractivity contribution in [3.05, 3.63) is 57.0 Å². The van der Waals surface area contributed by atoms with Crippen LogP contribution in [0.3, 0.4) is 0 Å². The largest absolute Gasteiger partial charge is 0.491 e. The van der Waals surface area contributed by atoms with Gasteiger partial charge in [0.05, 0.1) is 4.47 Å². The van der Waals surface area contributed by atoms with Crippen LogP contribution < -0.4 is 9.47 Å². The molecule has 0 saturated heterocycles. The second-order valence-electron chi connectivity index (χ2n) is 4.93. The molecule has 0 amide bonds. The topological polar surface area (TPSA) is 55.8 Å². The summed E-state index contributed by atoms with van der Waals surface area (Å²) >= 11 is 6.76. The fraction of sp³-hybridized carbons (Fsp3) is 0.235. The third-order valence-corrected chi connectivity index (χ3v) is 4.12. The Labute approximate surface area is 151 Å². The van der Waals surface area contributed by atoms with E-state index in [-0.39, 0.29) is 19.0 Å². The van der Waals surface area contributed by atoms with Gasteiger partial charge in [0.15, 0.2) is 5.78 Å². The predicted octanol–water partition coefficient (Wildman–Crippen LogP) is 4.23. The molecule has 0 heterocycles. The van der Waals surface area contributed by atoms with Gasteiger partial charge in [0.25, 0.3) is 0 Å². The SMILES string of the molecule is CC(=O)c1cccc(OCC(O)COc2ccc(Br)cc2Br)c1. The van der Waals surface area contributed by atoms with Crippen molar-refractivity contribution in [3.63, 3.8) is 0 Å². The lowest BCUT2D eigenvalue weighted by atomic mass is 10.1. The van der Waals surface area contributed by atoms with Crippen LogP contribution in [0, 0.1) is 0 Å². The van der Waals surface area contributed by atoms with Gasteiger partial charge in [-0.2, -0.15) is 0 Å². The Morgan fingerprint density at radius 1 is 1.13 bits per heavy atom. The summed E-state index contributed by atoms with van der Waals surface area (Å²) in [4.78, 5) is 11.3. The van der Waals surface area contributed by atoms with Gasteiger partial charge in [-0.25, -0.2) is 0 Å². The summed E-state index contributed by atoms with van der Waals surface area (Å²) < 4.78 is 12.8. The normalized spacial score (nSPS) is 11.8. The molecule has 0 saturated carbocycles. The van der Waals surface area contributed by atoms with Gasteiger partial charge in [0.1, 0.15) is 30.8 Å². The summed E-state index contributed by atoms with van der Waals surface area (Å²) in [5.74, 6) is 1.16. The molecule has 0 radical (unpaired) electrons. The molecule has 0 fully saturated rings. The Morgan fingerprint density at radius 3 is 2.57 bits per heavy atom. The number of benzene rings is 2. The van der Waals surface area contributed by atoms with Crippen LogP contribution in [0.25, 0.3) is 0 Å². The van der Waals surface area contributed by atoms with E-state index in [0.29, 0.717) is 17.1 Å². The maximum atomic E-state index is 11.3. The monoisotopic (exact) mass is 442 g/mol. The van der Waals surface area contributed by atoms with Crippen molar-refractivity contribution < 1.29 is 19.4 Å². The molecule has 2 aromatic rings. The average Bonchev–Trinajstić information content (AvgIpc) is 2.52. The van der Waals surface area contributed by atoms with Gasteiger partial charge in [-0.3, -0.25) is 4.79 Å². The van der Waals surface area contributed by atoms with E-state index in [0.717, 1.165) is 8.95 Å². The van der Waals surface area contributed by atoms with Crippen molar-refractivity contribution in [1.29, 1.82) is 0 Å². The first-order valence-electron chi connectivity index (χ1n) is 6.95. The van der Waals surface area contributed by atoms with Crippen molar-refractivity contribution in [2.45, 2.75) is 13.0 Å².